The average Bonchev–Trinajstić information content (AvgIpc) is 3.13. The molecule has 182 valence electrons. The summed E-state index contributed by atoms with van der Waals surface area (Å²) in [5, 5.41) is 11.8. The van der Waals surface area contributed by atoms with E-state index >= 15 is 0 Å². The van der Waals surface area contributed by atoms with Crippen LogP contribution in [0.3, 0.4) is 0 Å². The number of anilines is 1. The third-order valence-corrected chi connectivity index (χ3v) is 8.75. The highest BCUT2D eigenvalue weighted by atomic mass is 32.2. The third-order valence-electron chi connectivity index (χ3n) is 6.85. The number of sulfonamides is 1. The first kappa shape index (κ1) is 23.9. The van der Waals surface area contributed by atoms with Crippen molar-refractivity contribution in [2.24, 2.45) is 5.92 Å². The van der Waals surface area contributed by atoms with E-state index < -0.39 is 14.9 Å². The van der Waals surface area contributed by atoms with E-state index in [0.717, 1.165) is 32.0 Å². The molecule has 10 nitrogen and oxygen atoms in total. The van der Waals surface area contributed by atoms with Gasteiger partial charge in [-0.3, -0.25) is 14.9 Å². The predicted octanol–water partition coefficient (Wildman–Crippen LogP) is 2.23. The molecule has 0 radical (unpaired) electrons. The first-order valence-electron chi connectivity index (χ1n) is 11.8. The zero-order valence-electron chi connectivity index (χ0n) is 18.9. The summed E-state index contributed by atoms with van der Waals surface area (Å²) in [6.07, 6.45) is 5.72. The molecule has 3 aliphatic rings. The van der Waals surface area contributed by atoms with E-state index in [9.17, 15) is 23.3 Å². The largest absolute Gasteiger partial charge is 0.379 e. The van der Waals surface area contributed by atoms with Gasteiger partial charge < -0.3 is 14.5 Å². The molecule has 0 bridgehead atoms. The first-order valence-corrected chi connectivity index (χ1v) is 13.2. The number of carbonyl (C=O) groups excluding carboxylic acids is 1. The highest BCUT2D eigenvalue weighted by Crippen LogP contribution is 2.35. The van der Waals surface area contributed by atoms with Crippen LogP contribution in [0.1, 0.15) is 38.5 Å². The van der Waals surface area contributed by atoms with Crippen LogP contribution < -0.4 is 4.90 Å². The zero-order chi connectivity index (χ0) is 23.4. The Morgan fingerprint density at radius 3 is 2.21 bits per heavy atom. The summed E-state index contributed by atoms with van der Waals surface area (Å²) in [6, 6.07) is 4.14. The lowest BCUT2D eigenvalue weighted by atomic mass is 9.94. The van der Waals surface area contributed by atoms with Gasteiger partial charge in [0.25, 0.3) is 5.69 Å². The molecule has 0 saturated carbocycles. The molecule has 3 saturated heterocycles. The van der Waals surface area contributed by atoms with Crippen molar-refractivity contribution >= 4 is 27.3 Å². The molecular weight excluding hydrogens is 448 g/mol. The molecule has 33 heavy (non-hydrogen) atoms. The zero-order valence-corrected chi connectivity index (χ0v) is 19.7. The smallest absolute Gasteiger partial charge is 0.293 e. The minimum atomic E-state index is -3.82. The van der Waals surface area contributed by atoms with E-state index in [1.165, 1.54) is 29.3 Å². The van der Waals surface area contributed by atoms with Crippen LogP contribution in [-0.4, -0.2) is 80.9 Å². The maximum atomic E-state index is 12.9. The molecule has 0 aliphatic carbocycles. The van der Waals surface area contributed by atoms with Crippen LogP contribution in [0.2, 0.25) is 0 Å². The predicted molar refractivity (Wildman–Crippen MR) is 123 cm³/mol. The number of benzene rings is 1. The molecule has 0 spiro atoms. The van der Waals surface area contributed by atoms with E-state index in [1.54, 1.807) is 0 Å². The van der Waals surface area contributed by atoms with Gasteiger partial charge in [0.1, 0.15) is 5.69 Å². The van der Waals surface area contributed by atoms with Gasteiger partial charge in [0.05, 0.1) is 23.0 Å². The second-order valence-corrected chi connectivity index (χ2v) is 10.9. The van der Waals surface area contributed by atoms with Crippen molar-refractivity contribution in [3.05, 3.63) is 28.3 Å². The molecule has 3 heterocycles. The topological polar surface area (TPSA) is 113 Å². The minimum absolute atomic E-state index is 0.0561. The van der Waals surface area contributed by atoms with E-state index in [4.69, 9.17) is 4.74 Å². The standard InChI is InChI=1S/C22H32N4O6S/c27-22(24-9-3-1-2-4-10-24)18-7-11-23(12-8-18)20-6-5-19(17-21(20)26(28)29)33(30,31)25-13-15-32-16-14-25/h5-6,17-18H,1-4,7-16H2. The van der Waals surface area contributed by atoms with Gasteiger partial charge in [-0.05, 0) is 37.8 Å². The Kier molecular flexibility index (Phi) is 7.50. The SMILES string of the molecule is O=C(C1CCN(c2ccc(S(=O)(=O)N3CCOCC3)cc2[N+](=O)[O-])CC1)N1CCCCCC1. The molecule has 0 N–H and O–H groups in total. The van der Waals surface area contributed by atoms with Gasteiger partial charge in [-0.15, -0.1) is 0 Å². The Bertz CT molecular complexity index is 963. The number of rotatable bonds is 5. The Morgan fingerprint density at radius 1 is 0.970 bits per heavy atom. The highest BCUT2D eigenvalue weighted by Gasteiger charge is 2.33. The number of morpholine rings is 1. The van der Waals surface area contributed by atoms with Gasteiger partial charge in [0, 0.05) is 51.3 Å². The van der Waals surface area contributed by atoms with Crippen LogP contribution in [0.4, 0.5) is 11.4 Å². The lowest BCUT2D eigenvalue weighted by molar-refractivity contribution is -0.384. The molecule has 4 rings (SSSR count). The molecule has 0 atom stereocenters. The van der Waals surface area contributed by atoms with Gasteiger partial charge >= 0.3 is 0 Å². The Hall–Kier alpha value is -2.24. The van der Waals surface area contributed by atoms with E-state index in [2.05, 4.69) is 0 Å². The lowest BCUT2D eigenvalue weighted by Gasteiger charge is -2.35. The molecule has 1 amide bonds. The van der Waals surface area contributed by atoms with Gasteiger partial charge in [0.2, 0.25) is 15.9 Å². The number of nitro groups is 1. The molecular formula is C22H32N4O6S. The molecule has 11 heteroatoms. The van der Waals surface area contributed by atoms with Gasteiger partial charge in [0.15, 0.2) is 0 Å². The summed E-state index contributed by atoms with van der Waals surface area (Å²) in [5.41, 5.74) is 0.184. The summed E-state index contributed by atoms with van der Waals surface area (Å²) >= 11 is 0. The van der Waals surface area contributed by atoms with Crippen molar-refractivity contribution in [2.75, 3.05) is 57.4 Å². The number of piperidine rings is 1. The Balaban J connectivity index is 1.47. The number of amides is 1. The van der Waals surface area contributed by atoms with Crippen LogP contribution in [-0.2, 0) is 19.6 Å². The molecule has 1 aromatic rings. The summed E-state index contributed by atoms with van der Waals surface area (Å²) in [7, 11) is -3.82. The number of hydrogen-bond acceptors (Lipinski definition) is 7. The fourth-order valence-electron chi connectivity index (χ4n) is 4.93. The Morgan fingerprint density at radius 2 is 1.61 bits per heavy atom. The molecule has 3 aliphatic heterocycles. The van der Waals surface area contributed by atoms with E-state index in [1.807, 2.05) is 9.80 Å². The van der Waals surface area contributed by atoms with Crippen LogP contribution in [0.5, 0.6) is 0 Å². The third kappa shape index (κ3) is 5.30. The molecule has 0 unspecified atom stereocenters. The van der Waals surface area contributed by atoms with Crippen molar-refractivity contribution in [3.8, 4) is 0 Å². The monoisotopic (exact) mass is 480 g/mol. The van der Waals surface area contributed by atoms with Gasteiger partial charge in [-0.25, -0.2) is 8.42 Å². The average molecular weight is 481 g/mol. The molecule has 0 aromatic heterocycles. The van der Waals surface area contributed by atoms with Crippen LogP contribution in [0.15, 0.2) is 23.1 Å². The summed E-state index contributed by atoms with van der Waals surface area (Å²) in [6.45, 7) is 3.79. The second-order valence-electron chi connectivity index (χ2n) is 8.92. The van der Waals surface area contributed by atoms with Crippen molar-refractivity contribution in [1.82, 2.24) is 9.21 Å². The number of nitrogens with zero attached hydrogens (tertiary/aromatic N) is 4. The van der Waals surface area contributed by atoms with Crippen LogP contribution >= 0.6 is 0 Å². The molecule has 3 fully saturated rings. The first-order chi connectivity index (χ1) is 15.9. The number of hydrogen-bond donors (Lipinski definition) is 0. The number of nitro benzene ring substituents is 1. The number of ether oxygens (including phenoxy) is 1. The fourth-order valence-corrected chi connectivity index (χ4v) is 6.36. The Labute approximate surface area is 194 Å². The van der Waals surface area contributed by atoms with Crippen molar-refractivity contribution in [2.45, 2.75) is 43.4 Å². The van der Waals surface area contributed by atoms with E-state index in [0.29, 0.717) is 44.8 Å². The summed E-state index contributed by atoms with van der Waals surface area (Å²) in [4.78, 5) is 28.1. The van der Waals surface area contributed by atoms with Crippen molar-refractivity contribution in [3.63, 3.8) is 0 Å². The summed E-state index contributed by atoms with van der Waals surface area (Å²) < 4.78 is 32.4. The normalized spacial score (nSPS) is 21.6. The maximum Gasteiger partial charge on any atom is 0.293 e. The second kappa shape index (κ2) is 10.4. The fraction of sp³-hybridized carbons (Fsp3) is 0.682. The minimum Gasteiger partial charge on any atom is -0.379 e. The number of carbonyl (C=O) groups is 1. The van der Waals surface area contributed by atoms with Crippen molar-refractivity contribution < 1.29 is 22.9 Å². The van der Waals surface area contributed by atoms with Crippen LogP contribution in [0.25, 0.3) is 0 Å². The molecule has 1 aromatic carbocycles. The lowest BCUT2D eigenvalue weighted by Crippen LogP contribution is -2.43. The number of likely N-dealkylation sites (tertiary alicyclic amines) is 1. The van der Waals surface area contributed by atoms with Gasteiger partial charge in [-0.2, -0.15) is 4.31 Å². The quantitative estimate of drug-likeness (QED) is 0.469. The highest BCUT2D eigenvalue weighted by molar-refractivity contribution is 7.89. The van der Waals surface area contributed by atoms with E-state index in [-0.39, 0.29) is 35.5 Å². The van der Waals surface area contributed by atoms with Crippen LogP contribution in [0, 0.1) is 16.0 Å². The maximum absolute atomic E-state index is 12.9. The van der Waals surface area contributed by atoms with Crippen molar-refractivity contribution in [1.29, 1.82) is 0 Å². The van der Waals surface area contributed by atoms with Gasteiger partial charge in [-0.1, -0.05) is 12.8 Å². The summed E-state index contributed by atoms with van der Waals surface area (Å²) in [5.74, 6) is 0.150.